The summed E-state index contributed by atoms with van der Waals surface area (Å²) in [5, 5.41) is 6.89. The first-order chi connectivity index (χ1) is 7.46. The van der Waals surface area contributed by atoms with Crippen molar-refractivity contribution < 1.29 is 4.39 Å². The lowest BCUT2D eigenvalue weighted by molar-refractivity contribution is 0.457. The third-order valence-corrected chi connectivity index (χ3v) is 3.11. The summed E-state index contributed by atoms with van der Waals surface area (Å²) >= 11 is 0. The van der Waals surface area contributed by atoms with E-state index in [2.05, 4.69) is 24.5 Å². The zero-order valence-electron chi connectivity index (χ0n) is 10.1. The SMILES string of the molecule is Cc1cc(NC2CNC(C)(C)C2)ccc1F. The molecule has 3 heteroatoms. The average Bonchev–Trinajstić information content (AvgIpc) is 2.52. The molecule has 1 saturated heterocycles. The van der Waals surface area contributed by atoms with Crippen LogP contribution in [0.5, 0.6) is 0 Å². The summed E-state index contributed by atoms with van der Waals surface area (Å²) in [7, 11) is 0. The maximum absolute atomic E-state index is 13.1. The summed E-state index contributed by atoms with van der Waals surface area (Å²) in [5.74, 6) is -0.143. The average molecular weight is 222 g/mol. The highest BCUT2D eigenvalue weighted by Crippen LogP contribution is 2.22. The molecule has 1 atom stereocenters. The summed E-state index contributed by atoms with van der Waals surface area (Å²) in [6.45, 7) is 7.15. The molecule has 0 aliphatic carbocycles. The molecule has 0 spiro atoms. The van der Waals surface area contributed by atoms with E-state index < -0.39 is 0 Å². The highest BCUT2D eigenvalue weighted by atomic mass is 19.1. The molecule has 1 aromatic rings. The van der Waals surface area contributed by atoms with Crippen molar-refractivity contribution in [2.24, 2.45) is 0 Å². The molecule has 1 heterocycles. The Balaban J connectivity index is 2.02. The van der Waals surface area contributed by atoms with Crippen molar-refractivity contribution in [1.29, 1.82) is 0 Å². The van der Waals surface area contributed by atoms with Crippen LogP contribution in [0.25, 0.3) is 0 Å². The molecule has 0 aromatic heterocycles. The summed E-state index contributed by atoms with van der Waals surface area (Å²) in [4.78, 5) is 0. The van der Waals surface area contributed by atoms with Gasteiger partial charge >= 0.3 is 0 Å². The molecule has 1 unspecified atom stereocenters. The van der Waals surface area contributed by atoms with E-state index in [4.69, 9.17) is 0 Å². The van der Waals surface area contributed by atoms with Gasteiger partial charge in [-0.05, 0) is 51.0 Å². The van der Waals surface area contributed by atoms with Crippen LogP contribution in [0.3, 0.4) is 0 Å². The Morgan fingerprint density at radius 2 is 2.19 bits per heavy atom. The number of aryl methyl sites for hydroxylation is 1. The highest BCUT2D eigenvalue weighted by Gasteiger charge is 2.29. The van der Waals surface area contributed by atoms with E-state index in [-0.39, 0.29) is 11.4 Å². The molecule has 88 valence electrons. The van der Waals surface area contributed by atoms with E-state index >= 15 is 0 Å². The monoisotopic (exact) mass is 222 g/mol. The zero-order chi connectivity index (χ0) is 11.8. The number of benzene rings is 1. The Hall–Kier alpha value is -1.09. The lowest BCUT2D eigenvalue weighted by Gasteiger charge is -2.18. The number of rotatable bonds is 2. The third-order valence-electron chi connectivity index (χ3n) is 3.11. The van der Waals surface area contributed by atoms with Gasteiger partial charge in [0.1, 0.15) is 5.82 Å². The molecular formula is C13H19FN2. The maximum Gasteiger partial charge on any atom is 0.126 e. The van der Waals surface area contributed by atoms with Crippen LogP contribution in [0.4, 0.5) is 10.1 Å². The van der Waals surface area contributed by atoms with E-state index in [9.17, 15) is 4.39 Å². The van der Waals surface area contributed by atoms with Crippen LogP contribution in [0, 0.1) is 12.7 Å². The molecule has 0 bridgehead atoms. The van der Waals surface area contributed by atoms with E-state index in [1.807, 2.05) is 6.07 Å². The molecule has 2 nitrogen and oxygen atoms in total. The van der Waals surface area contributed by atoms with E-state index in [0.717, 1.165) is 18.7 Å². The largest absolute Gasteiger partial charge is 0.381 e. The first-order valence-corrected chi connectivity index (χ1v) is 5.74. The minimum atomic E-state index is -0.143. The van der Waals surface area contributed by atoms with Gasteiger partial charge in [0.15, 0.2) is 0 Å². The zero-order valence-corrected chi connectivity index (χ0v) is 10.1. The van der Waals surface area contributed by atoms with E-state index in [0.29, 0.717) is 11.6 Å². The summed E-state index contributed by atoms with van der Waals surface area (Å²) in [5.41, 5.74) is 1.89. The van der Waals surface area contributed by atoms with Crippen molar-refractivity contribution in [3.63, 3.8) is 0 Å². The van der Waals surface area contributed by atoms with Gasteiger partial charge in [0, 0.05) is 23.8 Å². The summed E-state index contributed by atoms with van der Waals surface area (Å²) in [6.07, 6.45) is 1.09. The maximum atomic E-state index is 13.1. The van der Waals surface area contributed by atoms with Gasteiger partial charge in [-0.25, -0.2) is 4.39 Å². The fourth-order valence-electron chi connectivity index (χ4n) is 2.23. The quantitative estimate of drug-likeness (QED) is 0.804. The van der Waals surface area contributed by atoms with Gasteiger partial charge in [0.25, 0.3) is 0 Å². The van der Waals surface area contributed by atoms with E-state index in [1.165, 1.54) is 6.07 Å². The molecule has 1 fully saturated rings. The van der Waals surface area contributed by atoms with Crippen LogP contribution in [0.1, 0.15) is 25.8 Å². The molecule has 0 saturated carbocycles. The lowest BCUT2D eigenvalue weighted by atomic mass is 10.0. The summed E-state index contributed by atoms with van der Waals surface area (Å²) < 4.78 is 13.1. The molecule has 2 rings (SSSR count). The van der Waals surface area contributed by atoms with Gasteiger partial charge < -0.3 is 10.6 Å². The van der Waals surface area contributed by atoms with Crippen LogP contribution in [-0.4, -0.2) is 18.1 Å². The standard InChI is InChI=1S/C13H19FN2/c1-9-6-10(4-5-12(9)14)16-11-7-13(2,3)15-8-11/h4-6,11,15-16H,7-8H2,1-3H3. The normalized spacial score (nSPS) is 23.4. The predicted molar refractivity (Wildman–Crippen MR) is 65.2 cm³/mol. The third kappa shape index (κ3) is 2.53. The van der Waals surface area contributed by atoms with Gasteiger partial charge in [-0.2, -0.15) is 0 Å². The number of halogens is 1. The molecule has 0 amide bonds. The summed E-state index contributed by atoms with van der Waals surface area (Å²) in [6, 6.07) is 5.61. The van der Waals surface area contributed by atoms with Crippen molar-refractivity contribution in [3.8, 4) is 0 Å². The van der Waals surface area contributed by atoms with Crippen LogP contribution >= 0.6 is 0 Å². The van der Waals surface area contributed by atoms with Gasteiger partial charge in [0.2, 0.25) is 0 Å². The second-order valence-electron chi connectivity index (χ2n) is 5.27. The fraction of sp³-hybridized carbons (Fsp3) is 0.538. The second kappa shape index (κ2) is 4.06. The molecular weight excluding hydrogens is 203 g/mol. The molecule has 1 aliphatic rings. The Kier molecular flexibility index (Phi) is 2.89. The highest BCUT2D eigenvalue weighted by molar-refractivity contribution is 5.47. The van der Waals surface area contributed by atoms with Gasteiger partial charge in [-0.1, -0.05) is 0 Å². The minimum Gasteiger partial charge on any atom is -0.381 e. The van der Waals surface area contributed by atoms with Crippen molar-refractivity contribution in [2.45, 2.75) is 38.8 Å². The Morgan fingerprint density at radius 1 is 1.44 bits per heavy atom. The Morgan fingerprint density at radius 3 is 2.75 bits per heavy atom. The van der Waals surface area contributed by atoms with Crippen molar-refractivity contribution in [1.82, 2.24) is 5.32 Å². The fourth-order valence-corrected chi connectivity index (χ4v) is 2.23. The lowest BCUT2D eigenvalue weighted by Crippen LogP contribution is -2.31. The van der Waals surface area contributed by atoms with Crippen molar-refractivity contribution in [2.75, 3.05) is 11.9 Å². The topological polar surface area (TPSA) is 24.1 Å². The smallest absolute Gasteiger partial charge is 0.126 e. The predicted octanol–water partition coefficient (Wildman–Crippen LogP) is 2.69. The van der Waals surface area contributed by atoms with Crippen LogP contribution < -0.4 is 10.6 Å². The molecule has 2 N–H and O–H groups in total. The molecule has 0 radical (unpaired) electrons. The van der Waals surface area contributed by atoms with Crippen molar-refractivity contribution >= 4 is 5.69 Å². The van der Waals surface area contributed by atoms with Crippen molar-refractivity contribution in [3.05, 3.63) is 29.6 Å². The number of nitrogens with one attached hydrogen (secondary N) is 2. The van der Waals surface area contributed by atoms with Gasteiger partial charge in [-0.15, -0.1) is 0 Å². The number of hydrogen-bond acceptors (Lipinski definition) is 2. The first-order valence-electron chi connectivity index (χ1n) is 5.74. The van der Waals surface area contributed by atoms with Crippen LogP contribution in [-0.2, 0) is 0 Å². The number of hydrogen-bond donors (Lipinski definition) is 2. The first kappa shape index (κ1) is 11.4. The molecule has 1 aliphatic heterocycles. The number of anilines is 1. The Labute approximate surface area is 96.2 Å². The molecule has 16 heavy (non-hydrogen) atoms. The van der Waals surface area contributed by atoms with E-state index in [1.54, 1.807) is 13.0 Å². The second-order valence-corrected chi connectivity index (χ2v) is 5.27. The Bertz CT molecular complexity index is 388. The van der Waals surface area contributed by atoms with Gasteiger partial charge in [0.05, 0.1) is 0 Å². The molecule has 1 aromatic carbocycles. The van der Waals surface area contributed by atoms with Crippen LogP contribution in [0.2, 0.25) is 0 Å². The van der Waals surface area contributed by atoms with Gasteiger partial charge in [-0.3, -0.25) is 0 Å². The van der Waals surface area contributed by atoms with Crippen LogP contribution in [0.15, 0.2) is 18.2 Å². The minimum absolute atomic E-state index is 0.143.